The van der Waals surface area contributed by atoms with Crippen LogP contribution in [0.15, 0.2) is 186 Å². The zero-order chi connectivity index (χ0) is 35.6. The third-order valence-electron chi connectivity index (χ3n) is 10.3. The Bertz CT molecular complexity index is 3160. The average molecular weight is 727 g/mol. The third-order valence-corrected chi connectivity index (χ3v) is 12.6. The highest BCUT2D eigenvalue weighted by Crippen LogP contribution is 2.46. The summed E-state index contributed by atoms with van der Waals surface area (Å²) in [6.45, 7) is 0. The number of aromatic nitrogens is 1. The van der Waals surface area contributed by atoms with E-state index < -0.39 is 0 Å². The van der Waals surface area contributed by atoms with Crippen molar-refractivity contribution in [2.75, 3.05) is 4.90 Å². The van der Waals surface area contributed by atoms with E-state index in [0.717, 1.165) is 66.2 Å². The summed E-state index contributed by atoms with van der Waals surface area (Å²) >= 11 is 3.63. The lowest BCUT2D eigenvalue weighted by Gasteiger charge is -2.26. The molecule has 0 saturated carbocycles. The Morgan fingerprint density at radius 2 is 1.11 bits per heavy atom. The lowest BCUT2D eigenvalue weighted by Crippen LogP contribution is -2.10. The molecule has 0 radical (unpaired) electrons. The fourth-order valence-corrected chi connectivity index (χ4v) is 10.0. The number of furan rings is 1. The van der Waals surface area contributed by atoms with Crippen LogP contribution >= 0.6 is 22.7 Å². The normalized spacial score (nSPS) is 11.7. The standard InChI is InChI=1S/C49H30N2OS2/c1-3-11-31(12-4-1)32-21-23-35(24-22-32)51(36-16-9-15-34(29-36)38-18-10-19-40-39-17-7-8-20-43(39)52-47(38)40)37-25-27-44-41(30-37)46-45(53-44)28-26-42-48(46)54-49(50-42)33-13-5-2-6-14-33/h1-30H. The summed E-state index contributed by atoms with van der Waals surface area (Å²) in [5, 5.41) is 5.83. The van der Waals surface area contributed by atoms with Crippen molar-refractivity contribution in [3.8, 4) is 32.8 Å². The Hall–Kier alpha value is -6.53. The molecule has 0 N–H and O–H groups in total. The minimum absolute atomic E-state index is 0.901. The van der Waals surface area contributed by atoms with E-state index in [2.05, 4.69) is 175 Å². The topological polar surface area (TPSA) is 29.3 Å². The lowest BCUT2D eigenvalue weighted by atomic mass is 10.0. The first-order valence-electron chi connectivity index (χ1n) is 18.0. The molecule has 0 fully saturated rings. The molecular formula is C49H30N2OS2. The number of hydrogen-bond acceptors (Lipinski definition) is 5. The van der Waals surface area contributed by atoms with Crippen molar-refractivity contribution in [2.45, 2.75) is 0 Å². The van der Waals surface area contributed by atoms with Gasteiger partial charge in [0, 0.05) is 59.1 Å². The molecule has 254 valence electrons. The van der Waals surface area contributed by atoms with Gasteiger partial charge in [-0.05, 0) is 77.4 Å². The highest BCUT2D eigenvalue weighted by Gasteiger charge is 2.19. The third kappa shape index (κ3) is 5.12. The Balaban J connectivity index is 1.10. The van der Waals surface area contributed by atoms with Crippen molar-refractivity contribution in [3.05, 3.63) is 182 Å². The van der Waals surface area contributed by atoms with Gasteiger partial charge in [0.1, 0.15) is 16.2 Å². The van der Waals surface area contributed by atoms with E-state index in [-0.39, 0.29) is 0 Å². The molecule has 0 aliphatic heterocycles. The van der Waals surface area contributed by atoms with Crippen LogP contribution in [-0.4, -0.2) is 4.98 Å². The summed E-state index contributed by atoms with van der Waals surface area (Å²) in [6, 6.07) is 64.8. The summed E-state index contributed by atoms with van der Waals surface area (Å²) in [6.07, 6.45) is 0. The van der Waals surface area contributed by atoms with E-state index in [0.29, 0.717) is 0 Å². The van der Waals surface area contributed by atoms with Crippen LogP contribution in [0.5, 0.6) is 0 Å². The van der Waals surface area contributed by atoms with Gasteiger partial charge in [-0.2, -0.15) is 0 Å². The molecule has 0 amide bonds. The second kappa shape index (κ2) is 12.6. The fraction of sp³-hybridized carbons (Fsp3) is 0. The minimum Gasteiger partial charge on any atom is -0.455 e. The van der Waals surface area contributed by atoms with Gasteiger partial charge in [-0.25, -0.2) is 4.98 Å². The van der Waals surface area contributed by atoms with Gasteiger partial charge in [0.25, 0.3) is 0 Å². The Morgan fingerprint density at radius 1 is 0.444 bits per heavy atom. The lowest BCUT2D eigenvalue weighted by molar-refractivity contribution is 0.670. The number of hydrogen-bond donors (Lipinski definition) is 0. The van der Waals surface area contributed by atoms with E-state index in [9.17, 15) is 0 Å². The van der Waals surface area contributed by atoms with Gasteiger partial charge in [-0.15, -0.1) is 22.7 Å². The van der Waals surface area contributed by atoms with Gasteiger partial charge < -0.3 is 9.32 Å². The van der Waals surface area contributed by atoms with Gasteiger partial charge in [-0.1, -0.05) is 121 Å². The molecule has 11 rings (SSSR count). The summed E-state index contributed by atoms with van der Waals surface area (Å²) in [5.74, 6) is 0. The Morgan fingerprint density at radius 3 is 1.96 bits per heavy atom. The van der Waals surface area contributed by atoms with Crippen molar-refractivity contribution >= 4 is 92.1 Å². The van der Waals surface area contributed by atoms with Crippen LogP contribution in [0.3, 0.4) is 0 Å². The molecule has 3 nitrogen and oxygen atoms in total. The van der Waals surface area contributed by atoms with Crippen LogP contribution in [0.2, 0.25) is 0 Å². The van der Waals surface area contributed by atoms with Crippen LogP contribution in [-0.2, 0) is 0 Å². The van der Waals surface area contributed by atoms with Crippen molar-refractivity contribution < 1.29 is 4.42 Å². The maximum atomic E-state index is 6.49. The molecule has 54 heavy (non-hydrogen) atoms. The van der Waals surface area contributed by atoms with Crippen LogP contribution in [0.4, 0.5) is 17.1 Å². The molecule has 0 atom stereocenters. The number of thiophene rings is 1. The van der Waals surface area contributed by atoms with Crippen LogP contribution in [0, 0.1) is 0 Å². The fourth-order valence-electron chi connectivity index (χ4n) is 7.75. The van der Waals surface area contributed by atoms with E-state index in [4.69, 9.17) is 9.40 Å². The highest BCUT2D eigenvalue weighted by atomic mass is 32.1. The van der Waals surface area contributed by atoms with E-state index in [1.54, 1.807) is 11.3 Å². The van der Waals surface area contributed by atoms with Gasteiger partial charge in [0.05, 0.1) is 10.2 Å². The number of thiazole rings is 1. The summed E-state index contributed by atoms with van der Waals surface area (Å²) < 4.78 is 10.3. The predicted molar refractivity (Wildman–Crippen MR) is 231 cm³/mol. The zero-order valence-electron chi connectivity index (χ0n) is 28.9. The number of rotatable bonds is 6. The van der Waals surface area contributed by atoms with Crippen LogP contribution < -0.4 is 4.90 Å². The number of benzene rings is 8. The first kappa shape index (κ1) is 31.0. The number of para-hydroxylation sites is 2. The van der Waals surface area contributed by atoms with Gasteiger partial charge in [0.15, 0.2) is 0 Å². The zero-order valence-corrected chi connectivity index (χ0v) is 30.6. The molecule has 8 aromatic carbocycles. The molecule has 0 saturated heterocycles. The van der Waals surface area contributed by atoms with Crippen LogP contribution in [0.25, 0.3) is 85.2 Å². The highest BCUT2D eigenvalue weighted by molar-refractivity contribution is 7.28. The van der Waals surface area contributed by atoms with Gasteiger partial charge >= 0.3 is 0 Å². The molecule has 0 aliphatic carbocycles. The second-order valence-electron chi connectivity index (χ2n) is 13.5. The molecule has 0 unspecified atom stereocenters. The monoisotopic (exact) mass is 726 g/mol. The molecule has 0 bridgehead atoms. The molecule has 3 aromatic heterocycles. The van der Waals surface area contributed by atoms with Crippen molar-refractivity contribution in [1.82, 2.24) is 4.98 Å². The largest absolute Gasteiger partial charge is 0.455 e. The van der Waals surface area contributed by atoms with Crippen molar-refractivity contribution in [1.29, 1.82) is 0 Å². The second-order valence-corrected chi connectivity index (χ2v) is 15.6. The molecule has 0 spiro atoms. The smallest absolute Gasteiger partial charge is 0.143 e. The Labute approximate surface area is 319 Å². The number of nitrogens with zero attached hydrogens (tertiary/aromatic N) is 2. The first-order valence-corrected chi connectivity index (χ1v) is 19.7. The maximum Gasteiger partial charge on any atom is 0.143 e. The SMILES string of the molecule is c1ccc(-c2ccc(N(c3cccc(-c4cccc5c4oc4ccccc45)c3)c3ccc4sc5ccc6nc(-c7ccccc7)sc6c5c4c3)cc2)cc1. The number of anilines is 3. The minimum atomic E-state index is 0.901. The average Bonchev–Trinajstić information content (AvgIpc) is 3.95. The van der Waals surface area contributed by atoms with Crippen molar-refractivity contribution in [3.63, 3.8) is 0 Å². The van der Waals surface area contributed by atoms with E-state index in [1.807, 2.05) is 23.5 Å². The Kier molecular flexibility index (Phi) is 7.22. The van der Waals surface area contributed by atoms with E-state index >= 15 is 0 Å². The quantitative estimate of drug-likeness (QED) is 0.171. The van der Waals surface area contributed by atoms with Crippen LogP contribution in [0.1, 0.15) is 0 Å². The summed E-state index contributed by atoms with van der Waals surface area (Å²) in [7, 11) is 0. The molecule has 0 aliphatic rings. The molecule has 5 heteroatoms. The summed E-state index contributed by atoms with van der Waals surface area (Å²) in [4.78, 5) is 7.46. The number of fused-ring (bicyclic) bond motifs is 8. The van der Waals surface area contributed by atoms with Gasteiger partial charge in [0.2, 0.25) is 0 Å². The van der Waals surface area contributed by atoms with E-state index in [1.165, 1.54) is 36.0 Å². The molecule has 11 aromatic rings. The first-order chi connectivity index (χ1) is 26.7. The predicted octanol–water partition coefficient (Wildman–Crippen LogP) is 15.0. The van der Waals surface area contributed by atoms with Crippen molar-refractivity contribution in [2.24, 2.45) is 0 Å². The maximum absolute atomic E-state index is 6.49. The molecular weight excluding hydrogens is 697 g/mol. The summed E-state index contributed by atoms with van der Waals surface area (Å²) in [5.41, 5.74) is 11.8. The van der Waals surface area contributed by atoms with Gasteiger partial charge in [-0.3, -0.25) is 0 Å². The molecule has 3 heterocycles.